The van der Waals surface area contributed by atoms with E-state index in [1.165, 1.54) is 0 Å². The molecule has 5 heteroatoms. The van der Waals surface area contributed by atoms with Crippen LogP contribution in [0.5, 0.6) is 5.75 Å². The number of benzene rings is 1. The molecule has 1 fully saturated rings. The lowest BCUT2D eigenvalue weighted by Gasteiger charge is -2.15. The Morgan fingerprint density at radius 3 is 2.95 bits per heavy atom. The average Bonchev–Trinajstić information content (AvgIpc) is 2.82. The summed E-state index contributed by atoms with van der Waals surface area (Å²) in [6.45, 7) is 3.84. The Morgan fingerprint density at radius 2 is 2.30 bits per heavy atom. The number of ether oxygens (including phenoxy) is 1. The van der Waals surface area contributed by atoms with Gasteiger partial charge in [-0.1, -0.05) is 17.7 Å². The van der Waals surface area contributed by atoms with Gasteiger partial charge in [-0.15, -0.1) is 0 Å². The zero-order valence-electron chi connectivity index (χ0n) is 12.0. The summed E-state index contributed by atoms with van der Waals surface area (Å²) in [5, 5.41) is 15.7. The average molecular weight is 278 g/mol. The van der Waals surface area contributed by atoms with Crippen LogP contribution in [0.2, 0.25) is 0 Å². The van der Waals surface area contributed by atoms with Crippen LogP contribution < -0.4 is 15.4 Å². The smallest absolute Gasteiger partial charge is 0.224 e. The standard InChI is InChI=1S/C15H22N2O3/c1-10-3-4-14(20-2)11(5-10)6-15(19)17-8-12-7-16-9-13(12)18/h3-5,12-13,16,18H,6-9H2,1-2H3,(H,17,19). The first-order valence-corrected chi connectivity index (χ1v) is 6.89. The summed E-state index contributed by atoms with van der Waals surface area (Å²) in [5.41, 5.74) is 1.99. The Labute approximate surface area is 119 Å². The third-order valence-corrected chi connectivity index (χ3v) is 3.65. The molecule has 1 amide bonds. The molecule has 0 spiro atoms. The molecule has 1 saturated heterocycles. The number of carbonyl (C=O) groups is 1. The number of methoxy groups -OCH3 is 1. The summed E-state index contributed by atoms with van der Waals surface area (Å²) < 4.78 is 5.27. The van der Waals surface area contributed by atoms with Crippen LogP contribution in [0, 0.1) is 12.8 Å². The van der Waals surface area contributed by atoms with Gasteiger partial charge in [-0.25, -0.2) is 0 Å². The maximum absolute atomic E-state index is 12.0. The second kappa shape index (κ2) is 6.72. The highest BCUT2D eigenvalue weighted by Gasteiger charge is 2.25. The summed E-state index contributed by atoms with van der Waals surface area (Å²) in [6, 6.07) is 5.80. The number of hydrogen-bond acceptors (Lipinski definition) is 4. The summed E-state index contributed by atoms with van der Waals surface area (Å²) in [5.74, 6) is 0.777. The number of aliphatic hydroxyl groups is 1. The maximum Gasteiger partial charge on any atom is 0.224 e. The molecule has 0 bridgehead atoms. The molecule has 0 aromatic heterocycles. The van der Waals surface area contributed by atoms with Crippen molar-refractivity contribution in [2.24, 2.45) is 5.92 Å². The fourth-order valence-corrected chi connectivity index (χ4v) is 2.45. The van der Waals surface area contributed by atoms with E-state index in [1.54, 1.807) is 7.11 Å². The number of rotatable bonds is 5. The zero-order chi connectivity index (χ0) is 14.5. The molecule has 110 valence electrons. The first-order chi connectivity index (χ1) is 9.60. The van der Waals surface area contributed by atoms with E-state index in [0.717, 1.165) is 23.4 Å². The van der Waals surface area contributed by atoms with E-state index in [-0.39, 0.29) is 17.9 Å². The number of β-amino-alcohol motifs (C(OH)–C–C–N with tert-alkyl or cyclic N) is 1. The molecular formula is C15H22N2O3. The highest BCUT2D eigenvalue weighted by Crippen LogP contribution is 2.20. The van der Waals surface area contributed by atoms with Crippen molar-refractivity contribution >= 4 is 5.91 Å². The van der Waals surface area contributed by atoms with Crippen LogP contribution in [-0.2, 0) is 11.2 Å². The van der Waals surface area contributed by atoms with Gasteiger partial charge in [-0.05, 0) is 13.0 Å². The van der Waals surface area contributed by atoms with Gasteiger partial charge in [0.15, 0.2) is 0 Å². The van der Waals surface area contributed by atoms with Crippen LogP contribution in [0.3, 0.4) is 0 Å². The Balaban J connectivity index is 1.89. The minimum atomic E-state index is -0.371. The quantitative estimate of drug-likeness (QED) is 0.722. The molecule has 2 rings (SSSR count). The number of amides is 1. The Morgan fingerprint density at radius 1 is 1.50 bits per heavy atom. The van der Waals surface area contributed by atoms with Crippen molar-refractivity contribution in [1.29, 1.82) is 0 Å². The molecule has 2 unspecified atom stereocenters. The van der Waals surface area contributed by atoms with E-state index < -0.39 is 0 Å². The Kier molecular flexibility index (Phi) is 4.98. The summed E-state index contributed by atoms with van der Waals surface area (Å²) >= 11 is 0. The molecule has 0 radical (unpaired) electrons. The van der Waals surface area contributed by atoms with Crippen LogP contribution in [0.15, 0.2) is 18.2 Å². The van der Waals surface area contributed by atoms with E-state index in [2.05, 4.69) is 10.6 Å². The second-order valence-corrected chi connectivity index (χ2v) is 5.28. The van der Waals surface area contributed by atoms with Gasteiger partial charge in [-0.2, -0.15) is 0 Å². The lowest BCUT2D eigenvalue weighted by atomic mass is 10.1. The highest BCUT2D eigenvalue weighted by molar-refractivity contribution is 5.79. The van der Waals surface area contributed by atoms with Gasteiger partial charge in [0, 0.05) is 31.1 Å². The zero-order valence-corrected chi connectivity index (χ0v) is 12.0. The van der Waals surface area contributed by atoms with Gasteiger partial charge < -0.3 is 20.5 Å². The number of nitrogens with one attached hydrogen (secondary N) is 2. The molecule has 1 heterocycles. The van der Waals surface area contributed by atoms with Crippen molar-refractivity contribution in [2.75, 3.05) is 26.7 Å². The monoisotopic (exact) mass is 278 g/mol. The van der Waals surface area contributed by atoms with Crippen LogP contribution in [0.1, 0.15) is 11.1 Å². The minimum absolute atomic E-state index is 0.0481. The first-order valence-electron chi connectivity index (χ1n) is 6.89. The largest absolute Gasteiger partial charge is 0.496 e. The molecule has 1 aliphatic rings. The maximum atomic E-state index is 12.0. The molecule has 20 heavy (non-hydrogen) atoms. The minimum Gasteiger partial charge on any atom is -0.496 e. The number of aryl methyl sites for hydroxylation is 1. The van der Waals surface area contributed by atoms with Crippen molar-refractivity contribution in [1.82, 2.24) is 10.6 Å². The number of hydrogen-bond donors (Lipinski definition) is 3. The van der Waals surface area contributed by atoms with Crippen molar-refractivity contribution in [3.8, 4) is 5.75 Å². The van der Waals surface area contributed by atoms with Crippen molar-refractivity contribution < 1.29 is 14.6 Å². The van der Waals surface area contributed by atoms with Gasteiger partial charge in [0.25, 0.3) is 0 Å². The molecule has 1 aromatic rings. The van der Waals surface area contributed by atoms with Gasteiger partial charge in [0.05, 0.1) is 19.6 Å². The molecule has 2 atom stereocenters. The van der Waals surface area contributed by atoms with Gasteiger partial charge in [0.1, 0.15) is 5.75 Å². The molecule has 1 aromatic carbocycles. The molecule has 3 N–H and O–H groups in total. The first kappa shape index (κ1) is 14.8. The van der Waals surface area contributed by atoms with Crippen LogP contribution >= 0.6 is 0 Å². The van der Waals surface area contributed by atoms with Gasteiger partial charge >= 0.3 is 0 Å². The number of carbonyl (C=O) groups excluding carboxylic acids is 1. The van der Waals surface area contributed by atoms with Crippen molar-refractivity contribution in [2.45, 2.75) is 19.4 Å². The summed E-state index contributed by atoms with van der Waals surface area (Å²) in [4.78, 5) is 12.0. The predicted molar refractivity (Wildman–Crippen MR) is 76.8 cm³/mol. The Hall–Kier alpha value is -1.59. The van der Waals surface area contributed by atoms with Crippen molar-refractivity contribution in [3.63, 3.8) is 0 Å². The fourth-order valence-electron chi connectivity index (χ4n) is 2.45. The van der Waals surface area contributed by atoms with Crippen LogP contribution in [-0.4, -0.2) is 43.9 Å². The second-order valence-electron chi connectivity index (χ2n) is 5.28. The third kappa shape index (κ3) is 3.71. The molecule has 0 saturated carbocycles. The number of aliphatic hydroxyl groups excluding tert-OH is 1. The fraction of sp³-hybridized carbons (Fsp3) is 0.533. The third-order valence-electron chi connectivity index (χ3n) is 3.65. The Bertz CT molecular complexity index is 476. The van der Waals surface area contributed by atoms with Gasteiger partial charge in [-0.3, -0.25) is 4.79 Å². The van der Waals surface area contributed by atoms with E-state index >= 15 is 0 Å². The predicted octanol–water partition coefficient (Wildman–Crippen LogP) is 0.243. The lowest BCUT2D eigenvalue weighted by molar-refractivity contribution is -0.120. The summed E-state index contributed by atoms with van der Waals surface area (Å²) in [6.07, 6.45) is -0.0787. The van der Waals surface area contributed by atoms with E-state index in [4.69, 9.17) is 4.74 Å². The SMILES string of the molecule is COc1ccc(C)cc1CC(=O)NCC1CNCC1O. The molecule has 5 nitrogen and oxygen atoms in total. The topological polar surface area (TPSA) is 70.6 Å². The van der Waals surface area contributed by atoms with Crippen LogP contribution in [0.25, 0.3) is 0 Å². The molecule has 1 aliphatic heterocycles. The van der Waals surface area contributed by atoms with E-state index in [9.17, 15) is 9.90 Å². The highest BCUT2D eigenvalue weighted by atomic mass is 16.5. The summed E-state index contributed by atoms with van der Waals surface area (Å²) in [7, 11) is 1.60. The van der Waals surface area contributed by atoms with E-state index in [1.807, 2.05) is 25.1 Å². The van der Waals surface area contributed by atoms with E-state index in [0.29, 0.717) is 19.5 Å². The molecule has 0 aliphatic carbocycles. The molecular weight excluding hydrogens is 256 g/mol. The lowest BCUT2D eigenvalue weighted by Crippen LogP contribution is -2.35. The normalized spacial score (nSPS) is 21.8. The van der Waals surface area contributed by atoms with Gasteiger partial charge in [0.2, 0.25) is 5.91 Å². The van der Waals surface area contributed by atoms with Crippen LogP contribution in [0.4, 0.5) is 0 Å². The van der Waals surface area contributed by atoms with Crippen molar-refractivity contribution in [3.05, 3.63) is 29.3 Å².